The van der Waals surface area contributed by atoms with E-state index in [0.717, 1.165) is 28.7 Å². The fourth-order valence-electron chi connectivity index (χ4n) is 4.73. The van der Waals surface area contributed by atoms with Gasteiger partial charge in [0, 0.05) is 25.6 Å². The first-order valence-corrected chi connectivity index (χ1v) is 15.3. The average Bonchev–Trinajstić information content (AvgIpc) is 3.02. The van der Waals surface area contributed by atoms with E-state index in [1.54, 1.807) is 43.3 Å². The second-order valence-corrected chi connectivity index (χ2v) is 12.2. The normalized spacial score (nSPS) is 12.3. The summed E-state index contributed by atoms with van der Waals surface area (Å²) in [6.07, 6.45) is -4.80. The molecule has 4 aromatic rings. The van der Waals surface area contributed by atoms with E-state index in [-0.39, 0.29) is 16.9 Å². The lowest BCUT2D eigenvalue weighted by Gasteiger charge is -2.33. The van der Waals surface area contributed by atoms with E-state index in [1.807, 2.05) is 0 Å². The summed E-state index contributed by atoms with van der Waals surface area (Å²) in [7, 11) is -3.25. The van der Waals surface area contributed by atoms with Crippen molar-refractivity contribution in [3.05, 3.63) is 131 Å². The van der Waals surface area contributed by atoms with E-state index in [0.29, 0.717) is 15.9 Å². The maximum Gasteiger partial charge on any atom is 0.416 e. The van der Waals surface area contributed by atoms with E-state index in [1.165, 1.54) is 49.5 Å². The lowest BCUT2D eigenvalue weighted by atomic mass is 10.0. The zero-order chi connectivity index (χ0) is 32.8. The molecule has 0 aromatic heterocycles. The van der Waals surface area contributed by atoms with Crippen LogP contribution in [0.15, 0.2) is 108 Å². The van der Waals surface area contributed by atoms with Crippen molar-refractivity contribution in [3.8, 4) is 0 Å². The molecule has 1 N–H and O–H groups in total. The second-order valence-electron chi connectivity index (χ2n) is 10.3. The predicted molar refractivity (Wildman–Crippen MR) is 162 cm³/mol. The monoisotopic (exact) mass is 641 g/mol. The van der Waals surface area contributed by atoms with Crippen molar-refractivity contribution >= 4 is 27.5 Å². The van der Waals surface area contributed by atoms with E-state index in [4.69, 9.17) is 0 Å². The van der Waals surface area contributed by atoms with Gasteiger partial charge in [-0.15, -0.1) is 0 Å². The summed E-state index contributed by atoms with van der Waals surface area (Å²) in [6, 6.07) is 22.3. The summed E-state index contributed by atoms with van der Waals surface area (Å²) in [5.74, 6) is -2.20. The number of carbonyl (C=O) groups excluding carboxylic acids is 2. The van der Waals surface area contributed by atoms with Crippen molar-refractivity contribution in [2.75, 3.05) is 17.9 Å². The van der Waals surface area contributed by atoms with Crippen LogP contribution >= 0.6 is 0 Å². The Morgan fingerprint density at radius 2 is 1.51 bits per heavy atom. The summed E-state index contributed by atoms with van der Waals surface area (Å²) in [6.45, 7) is 0.336. The third-order valence-corrected chi connectivity index (χ3v) is 8.95. The molecular weight excluding hydrogens is 610 g/mol. The van der Waals surface area contributed by atoms with Gasteiger partial charge in [-0.05, 0) is 48.9 Å². The van der Waals surface area contributed by atoms with Gasteiger partial charge < -0.3 is 10.2 Å². The molecule has 0 aliphatic carbocycles. The van der Waals surface area contributed by atoms with Crippen LogP contribution in [-0.4, -0.2) is 44.8 Å². The Morgan fingerprint density at radius 1 is 0.867 bits per heavy atom. The Hall–Kier alpha value is -4.71. The largest absolute Gasteiger partial charge is 0.416 e. The minimum Gasteiger partial charge on any atom is -0.357 e. The number of benzene rings is 4. The van der Waals surface area contributed by atoms with Crippen LogP contribution in [0.2, 0.25) is 0 Å². The SMILES string of the molecule is CNC(=O)[C@@H](Cc1ccccc1)N(Cc1ccccc1F)C(=O)CN(c1cccc(C(F)(F)F)c1)S(=O)(=O)c1ccc(C)cc1. The number of alkyl halides is 3. The zero-order valence-corrected chi connectivity index (χ0v) is 25.3. The van der Waals surface area contributed by atoms with Crippen LogP contribution in [0.25, 0.3) is 0 Å². The molecule has 0 unspecified atom stereocenters. The fourth-order valence-corrected chi connectivity index (χ4v) is 6.14. The number of halogens is 4. The van der Waals surface area contributed by atoms with Crippen LogP contribution < -0.4 is 9.62 Å². The molecule has 2 amide bonds. The highest BCUT2D eigenvalue weighted by Gasteiger charge is 2.36. The molecule has 0 saturated heterocycles. The number of sulfonamides is 1. The molecule has 12 heteroatoms. The summed E-state index contributed by atoms with van der Waals surface area (Å²) in [4.78, 5) is 28.2. The predicted octanol–water partition coefficient (Wildman–Crippen LogP) is 5.73. The van der Waals surface area contributed by atoms with Crippen molar-refractivity contribution < 1.29 is 35.6 Å². The van der Waals surface area contributed by atoms with Gasteiger partial charge in [-0.25, -0.2) is 12.8 Å². The smallest absolute Gasteiger partial charge is 0.357 e. The van der Waals surface area contributed by atoms with Crippen LogP contribution in [0.3, 0.4) is 0 Å². The highest BCUT2D eigenvalue weighted by atomic mass is 32.2. The number of amides is 2. The van der Waals surface area contributed by atoms with Gasteiger partial charge >= 0.3 is 6.18 Å². The Morgan fingerprint density at radius 3 is 2.13 bits per heavy atom. The number of hydrogen-bond donors (Lipinski definition) is 1. The second kappa shape index (κ2) is 13.9. The minimum absolute atomic E-state index is 0.00498. The Labute approximate surface area is 259 Å². The van der Waals surface area contributed by atoms with Gasteiger partial charge in [0.25, 0.3) is 10.0 Å². The third kappa shape index (κ3) is 8.07. The first-order chi connectivity index (χ1) is 21.3. The molecule has 0 spiro atoms. The third-order valence-electron chi connectivity index (χ3n) is 7.17. The van der Waals surface area contributed by atoms with Crippen LogP contribution in [0, 0.1) is 12.7 Å². The summed E-state index contributed by atoms with van der Waals surface area (Å²) in [5.41, 5.74) is -0.0727. The minimum atomic E-state index is -4.80. The number of aryl methyl sites for hydroxylation is 1. The average molecular weight is 642 g/mol. The summed E-state index contributed by atoms with van der Waals surface area (Å²) in [5, 5.41) is 2.51. The molecule has 4 aromatic carbocycles. The number of nitrogens with one attached hydrogen (secondary N) is 1. The van der Waals surface area contributed by atoms with Gasteiger partial charge in [0.15, 0.2) is 0 Å². The van der Waals surface area contributed by atoms with Gasteiger partial charge in [-0.3, -0.25) is 13.9 Å². The van der Waals surface area contributed by atoms with Gasteiger partial charge in [0.1, 0.15) is 18.4 Å². The number of anilines is 1. The Balaban J connectivity index is 1.84. The number of carbonyl (C=O) groups is 2. The molecule has 0 saturated carbocycles. The molecule has 0 heterocycles. The number of rotatable bonds is 11. The van der Waals surface area contributed by atoms with Crippen molar-refractivity contribution in [3.63, 3.8) is 0 Å². The molecular formula is C33H31F4N3O4S. The van der Waals surface area contributed by atoms with E-state index < -0.39 is 64.2 Å². The fraction of sp³-hybridized carbons (Fsp3) is 0.212. The van der Waals surface area contributed by atoms with Crippen LogP contribution in [-0.2, 0) is 38.8 Å². The molecule has 45 heavy (non-hydrogen) atoms. The highest BCUT2D eigenvalue weighted by molar-refractivity contribution is 7.92. The van der Waals surface area contributed by atoms with Gasteiger partial charge in [-0.2, -0.15) is 13.2 Å². The molecule has 0 bridgehead atoms. The van der Waals surface area contributed by atoms with Crippen molar-refractivity contribution in [1.82, 2.24) is 10.2 Å². The molecule has 0 radical (unpaired) electrons. The Kier molecular flexibility index (Phi) is 10.3. The maximum absolute atomic E-state index is 14.9. The van der Waals surface area contributed by atoms with Crippen molar-refractivity contribution in [2.24, 2.45) is 0 Å². The molecule has 0 aliphatic heterocycles. The summed E-state index contributed by atoms with van der Waals surface area (Å²) < 4.78 is 84.4. The number of hydrogen-bond acceptors (Lipinski definition) is 4. The quantitative estimate of drug-likeness (QED) is 0.212. The summed E-state index contributed by atoms with van der Waals surface area (Å²) >= 11 is 0. The molecule has 0 fully saturated rings. The standard InChI is InChI=1S/C33H31F4N3O4S/c1-23-15-17-28(18-16-23)45(43,44)40(27-13-8-12-26(20-27)33(35,36)37)22-31(41)39(21-25-11-6-7-14-29(25)34)30(32(42)38-2)19-24-9-4-3-5-10-24/h3-18,20,30H,19,21-22H2,1-2H3,(H,38,42)/t30-/m1/s1. The van der Waals surface area contributed by atoms with Crippen LogP contribution in [0.5, 0.6) is 0 Å². The first-order valence-electron chi connectivity index (χ1n) is 13.9. The number of likely N-dealkylation sites (N-methyl/N-ethyl adjacent to an activating group) is 1. The topological polar surface area (TPSA) is 86.8 Å². The van der Waals surface area contributed by atoms with Crippen LogP contribution in [0.4, 0.5) is 23.2 Å². The molecule has 236 valence electrons. The van der Waals surface area contributed by atoms with Gasteiger partial charge in [0.05, 0.1) is 16.1 Å². The van der Waals surface area contributed by atoms with Gasteiger partial charge in [-0.1, -0.05) is 72.3 Å². The van der Waals surface area contributed by atoms with Crippen molar-refractivity contribution in [1.29, 1.82) is 0 Å². The molecule has 1 atom stereocenters. The highest BCUT2D eigenvalue weighted by Crippen LogP contribution is 2.33. The maximum atomic E-state index is 14.9. The molecule has 4 rings (SSSR count). The van der Waals surface area contributed by atoms with E-state index in [9.17, 15) is 35.6 Å². The zero-order valence-electron chi connectivity index (χ0n) is 24.5. The Bertz CT molecular complexity index is 1750. The van der Waals surface area contributed by atoms with E-state index >= 15 is 0 Å². The number of nitrogens with zero attached hydrogens (tertiary/aromatic N) is 2. The lowest BCUT2D eigenvalue weighted by Crippen LogP contribution is -2.53. The van der Waals surface area contributed by atoms with E-state index in [2.05, 4.69) is 5.32 Å². The van der Waals surface area contributed by atoms with Gasteiger partial charge in [0.2, 0.25) is 11.8 Å². The molecule has 0 aliphatic rings. The van der Waals surface area contributed by atoms with Crippen LogP contribution in [0.1, 0.15) is 22.3 Å². The van der Waals surface area contributed by atoms with Crippen molar-refractivity contribution in [2.45, 2.75) is 37.0 Å². The first kappa shape index (κ1) is 33.2. The molecule has 7 nitrogen and oxygen atoms in total. The lowest BCUT2D eigenvalue weighted by molar-refractivity contribution is -0.139.